The highest BCUT2D eigenvalue weighted by molar-refractivity contribution is 5.74. The second-order valence-corrected chi connectivity index (χ2v) is 2.57. The normalized spacial score (nSPS) is 10.2. The number of H-pyrrole nitrogens is 1. The van der Waals surface area contributed by atoms with E-state index in [0.29, 0.717) is 6.54 Å². The Labute approximate surface area is 75.4 Å². The fourth-order valence-electron chi connectivity index (χ4n) is 0.812. The maximum Gasteiger partial charge on any atom is 0.245 e. The fourth-order valence-corrected chi connectivity index (χ4v) is 0.812. The summed E-state index contributed by atoms with van der Waals surface area (Å²) in [6.07, 6.45) is 1.69. The molecule has 4 N–H and O–H groups in total. The van der Waals surface area contributed by atoms with Crippen molar-refractivity contribution in [1.82, 2.24) is 15.4 Å². The number of rotatable bonds is 5. The summed E-state index contributed by atoms with van der Waals surface area (Å²) in [4.78, 5) is 22.0. The van der Waals surface area contributed by atoms with Crippen LogP contribution >= 0.6 is 0 Å². The van der Waals surface area contributed by atoms with Gasteiger partial charge in [-0.1, -0.05) is 0 Å². The third kappa shape index (κ3) is 3.68. The lowest BCUT2D eigenvalue weighted by Gasteiger charge is -2.00. The van der Waals surface area contributed by atoms with Gasteiger partial charge < -0.3 is 10.7 Å². The minimum Gasteiger partial charge on any atom is -0.368 e. The zero-order valence-corrected chi connectivity index (χ0v) is 7.33. The van der Waals surface area contributed by atoms with Gasteiger partial charge in [-0.05, 0) is 6.92 Å². The van der Waals surface area contributed by atoms with Crippen molar-refractivity contribution < 1.29 is 9.63 Å². The van der Waals surface area contributed by atoms with E-state index in [0.717, 1.165) is 11.5 Å². The topological polar surface area (TPSA) is 93.0 Å². The largest absolute Gasteiger partial charge is 0.368 e. The highest BCUT2D eigenvalue weighted by atomic mass is 16.6. The van der Waals surface area contributed by atoms with E-state index in [9.17, 15) is 4.79 Å². The molecule has 0 fully saturated rings. The van der Waals surface area contributed by atoms with Crippen LogP contribution in [0.5, 0.6) is 0 Å². The van der Waals surface area contributed by atoms with Crippen LogP contribution < -0.4 is 11.2 Å². The summed E-state index contributed by atoms with van der Waals surface area (Å²) < 4.78 is 0. The number of nitrogens with two attached hydrogens (primary N) is 1. The summed E-state index contributed by atoms with van der Waals surface area (Å²) in [5, 5.41) is 0. The molecule has 0 radical (unpaired) electrons. The number of imidazole rings is 1. The molecule has 0 aliphatic carbocycles. The number of aryl methyl sites for hydroxylation is 1. The monoisotopic (exact) mass is 184 g/mol. The second-order valence-electron chi connectivity index (χ2n) is 2.57. The summed E-state index contributed by atoms with van der Waals surface area (Å²) in [6, 6.07) is 0. The van der Waals surface area contributed by atoms with Crippen LogP contribution in [0.25, 0.3) is 0 Å². The zero-order chi connectivity index (χ0) is 9.68. The number of hydrogen-bond acceptors (Lipinski definition) is 4. The first kappa shape index (κ1) is 9.69. The molecular formula is C7H12N4O2. The number of aromatic nitrogens is 2. The van der Waals surface area contributed by atoms with Gasteiger partial charge in [-0.3, -0.25) is 9.63 Å². The number of hydroxylamine groups is 1. The van der Waals surface area contributed by atoms with Crippen molar-refractivity contribution in [3.05, 3.63) is 17.7 Å². The first-order chi connectivity index (χ1) is 6.18. The van der Waals surface area contributed by atoms with E-state index >= 15 is 0 Å². The molecule has 0 spiro atoms. The van der Waals surface area contributed by atoms with E-state index in [2.05, 4.69) is 15.4 Å². The molecule has 1 aromatic rings. The summed E-state index contributed by atoms with van der Waals surface area (Å²) in [6.45, 7) is 2.19. The average molecular weight is 184 g/mol. The maximum absolute atomic E-state index is 10.3. The lowest BCUT2D eigenvalue weighted by Crippen LogP contribution is -2.24. The molecule has 0 unspecified atom stereocenters. The molecule has 0 atom stereocenters. The number of nitrogens with zero attached hydrogens (tertiary/aromatic N) is 1. The van der Waals surface area contributed by atoms with Gasteiger partial charge in [-0.15, -0.1) is 0 Å². The molecule has 0 aliphatic rings. The molecule has 1 amide bonds. The Morgan fingerprint density at radius 1 is 1.85 bits per heavy atom. The lowest BCUT2D eigenvalue weighted by molar-refractivity contribution is -0.125. The van der Waals surface area contributed by atoms with E-state index in [1.54, 1.807) is 6.20 Å². The summed E-state index contributed by atoms with van der Waals surface area (Å²) in [7, 11) is 0. The average Bonchev–Trinajstić information content (AvgIpc) is 2.45. The first-order valence-electron chi connectivity index (χ1n) is 3.82. The highest BCUT2D eigenvalue weighted by Crippen LogP contribution is 1.93. The Hall–Kier alpha value is -1.40. The van der Waals surface area contributed by atoms with Gasteiger partial charge >= 0.3 is 0 Å². The van der Waals surface area contributed by atoms with Gasteiger partial charge in [0.25, 0.3) is 0 Å². The number of nitrogens with one attached hydrogen (secondary N) is 2. The molecule has 72 valence electrons. The molecule has 0 saturated carbocycles. The van der Waals surface area contributed by atoms with Crippen molar-refractivity contribution in [3.8, 4) is 0 Å². The maximum atomic E-state index is 10.3. The quantitative estimate of drug-likeness (QED) is 0.413. The van der Waals surface area contributed by atoms with Crippen molar-refractivity contribution >= 4 is 5.91 Å². The summed E-state index contributed by atoms with van der Waals surface area (Å²) in [5.41, 5.74) is 8.32. The number of amides is 1. The van der Waals surface area contributed by atoms with Gasteiger partial charge in [0.05, 0.1) is 12.2 Å². The Bertz CT molecular complexity index is 284. The van der Waals surface area contributed by atoms with Crippen LogP contribution in [0.1, 0.15) is 11.5 Å². The SMILES string of the molecule is Cc1ncc(CNOCC(N)=O)[nH]1. The number of carbonyl (C=O) groups excluding carboxylic acids is 1. The van der Waals surface area contributed by atoms with Crippen LogP contribution in [-0.2, 0) is 16.2 Å². The van der Waals surface area contributed by atoms with E-state index < -0.39 is 5.91 Å². The zero-order valence-electron chi connectivity index (χ0n) is 7.33. The number of carbonyl (C=O) groups is 1. The second kappa shape index (κ2) is 4.58. The lowest BCUT2D eigenvalue weighted by atomic mass is 10.5. The Morgan fingerprint density at radius 3 is 3.15 bits per heavy atom. The van der Waals surface area contributed by atoms with Crippen LogP contribution in [0.4, 0.5) is 0 Å². The Balaban J connectivity index is 2.16. The predicted octanol–water partition coefficient (Wildman–Crippen LogP) is -0.775. The predicted molar refractivity (Wildman–Crippen MR) is 45.3 cm³/mol. The third-order valence-corrected chi connectivity index (χ3v) is 1.33. The molecule has 1 aromatic heterocycles. The summed E-state index contributed by atoms with van der Waals surface area (Å²) >= 11 is 0. The van der Waals surface area contributed by atoms with Crippen molar-refractivity contribution in [2.45, 2.75) is 13.5 Å². The molecule has 0 aromatic carbocycles. The number of primary amides is 1. The van der Waals surface area contributed by atoms with E-state index in [-0.39, 0.29) is 6.61 Å². The molecule has 1 rings (SSSR count). The van der Waals surface area contributed by atoms with Crippen molar-refractivity contribution in [3.63, 3.8) is 0 Å². The standard InChI is InChI=1S/C7H12N4O2/c1-5-9-2-6(11-5)3-10-13-4-7(8)12/h2,10H,3-4H2,1H3,(H2,8,12)(H,9,11). The van der Waals surface area contributed by atoms with Gasteiger partial charge in [-0.2, -0.15) is 5.48 Å². The molecule has 0 bridgehead atoms. The van der Waals surface area contributed by atoms with E-state index in [4.69, 9.17) is 10.6 Å². The van der Waals surface area contributed by atoms with Crippen LogP contribution in [0.2, 0.25) is 0 Å². The van der Waals surface area contributed by atoms with E-state index in [1.165, 1.54) is 0 Å². The minimum absolute atomic E-state index is 0.132. The van der Waals surface area contributed by atoms with Gasteiger partial charge in [0.1, 0.15) is 12.4 Å². The van der Waals surface area contributed by atoms with E-state index in [1.807, 2.05) is 6.92 Å². The van der Waals surface area contributed by atoms with Crippen molar-refractivity contribution in [2.75, 3.05) is 6.61 Å². The van der Waals surface area contributed by atoms with Crippen LogP contribution in [-0.4, -0.2) is 22.5 Å². The summed E-state index contributed by atoms with van der Waals surface area (Å²) in [5.74, 6) is 0.333. The fraction of sp³-hybridized carbons (Fsp3) is 0.429. The Morgan fingerprint density at radius 2 is 2.62 bits per heavy atom. The number of aromatic amines is 1. The smallest absolute Gasteiger partial charge is 0.245 e. The Kier molecular flexibility index (Phi) is 3.41. The van der Waals surface area contributed by atoms with Gasteiger partial charge in [0.15, 0.2) is 0 Å². The molecular weight excluding hydrogens is 172 g/mol. The molecule has 6 heteroatoms. The van der Waals surface area contributed by atoms with Gasteiger partial charge in [-0.25, -0.2) is 4.98 Å². The highest BCUT2D eigenvalue weighted by Gasteiger charge is 1.97. The molecule has 0 saturated heterocycles. The van der Waals surface area contributed by atoms with Gasteiger partial charge in [0, 0.05) is 6.20 Å². The van der Waals surface area contributed by atoms with Crippen molar-refractivity contribution in [2.24, 2.45) is 5.73 Å². The van der Waals surface area contributed by atoms with Crippen LogP contribution in [0, 0.1) is 6.92 Å². The first-order valence-corrected chi connectivity index (χ1v) is 3.82. The molecule has 1 heterocycles. The minimum atomic E-state index is -0.506. The molecule has 13 heavy (non-hydrogen) atoms. The molecule has 0 aliphatic heterocycles. The van der Waals surface area contributed by atoms with Crippen molar-refractivity contribution in [1.29, 1.82) is 0 Å². The number of hydrogen-bond donors (Lipinski definition) is 3. The third-order valence-electron chi connectivity index (χ3n) is 1.33. The molecule has 6 nitrogen and oxygen atoms in total. The van der Waals surface area contributed by atoms with Crippen LogP contribution in [0.3, 0.4) is 0 Å². The van der Waals surface area contributed by atoms with Gasteiger partial charge in [0.2, 0.25) is 5.91 Å². The van der Waals surface area contributed by atoms with Crippen LogP contribution in [0.15, 0.2) is 6.20 Å².